The second-order valence-electron chi connectivity index (χ2n) is 2.84. The third kappa shape index (κ3) is 2.62. The molecular weight excluding hydrogens is 210 g/mol. The molecule has 0 atom stereocenters. The fourth-order valence-corrected chi connectivity index (χ4v) is 2.22. The second kappa shape index (κ2) is 5.60. The van der Waals surface area contributed by atoms with E-state index < -0.39 is 0 Å². The Kier molecular flexibility index (Phi) is 4.42. The van der Waals surface area contributed by atoms with Gasteiger partial charge in [-0.25, -0.2) is 0 Å². The predicted octanol–water partition coefficient (Wildman–Crippen LogP) is 1.78. The van der Waals surface area contributed by atoms with Gasteiger partial charge in [0.15, 0.2) is 6.29 Å². The van der Waals surface area contributed by atoms with Gasteiger partial charge in [-0.15, -0.1) is 11.3 Å². The standard InChI is InChI=1S/C10H9NOS.CH4O/c11-5-7-1-2-8-4-9(6-12)13-10(8)3-7;1-2/h1-4,6H,5,11H2;2H,1H3. The summed E-state index contributed by atoms with van der Waals surface area (Å²) in [5, 5.41) is 8.12. The zero-order valence-electron chi connectivity index (χ0n) is 8.43. The molecule has 1 aromatic carbocycles. The number of aldehydes is 1. The highest BCUT2D eigenvalue weighted by Gasteiger charge is 2.00. The first-order valence-corrected chi connectivity index (χ1v) is 5.27. The summed E-state index contributed by atoms with van der Waals surface area (Å²) in [6.45, 7) is 0.546. The van der Waals surface area contributed by atoms with Crippen LogP contribution in [0.15, 0.2) is 24.3 Å². The SMILES string of the molecule is CO.NCc1ccc2cc(C=O)sc2c1. The van der Waals surface area contributed by atoms with E-state index in [1.165, 1.54) is 11.3 Å². The van der Waals surface area contributed by atoms with Crippen molar-refractivity contribution in [3.8, 4) is 0 Å². The molecule has 1 heterocycles. The lowest BCUT2D eigenvalue weighted by Crippen LogP contribution is -1.94. The summed E-state index contributed by atoms with van der Waals surface area (Å²) < 4.78 is 1.13. The van der Waals surface area contributed by atoms with Crippen LogP contribution >= 0.6 is 11.3 Å². The number of carbonyl (C=O) groups is 1. The molecule has 15 heavy (non-hydrogen) atoms. The molecule has 0 radical (unpaired) electrons. The molecule has 0 aliphatic rings. The third-order valence-corrected chi connectivity index (χ3v) is 2.98. The van der Waals surface area contributed by atoms with Crippen molar-refractivity contribution < 1.29 is 9.90 Å². The maximum absolute atomic E-state index is 10.5. The summed E-state index contributed by atoms with van der Waals surface area (Å²) in [5.74, 6) is 0. The Hall–Kier alpha value is -1.23. The number of nitrogens with two attached hydrogens (primary N) is 1. The van der Waals surface area contributed by atoms with Crippen LogP contribution in [0.5, 0.6) is 0 Å². The number of benzene rings is 1. The summed E-state index contributed by atoms with van der Waals surface area (Å²) in [5.41, 5.74) is 6.62. The number of aliphatic hydroxyl groups is 1. The predicted molar refractivity (Wildman–Crippen MR) is 63.2 cm³/mol. The summed E-state index contributed by atoms with van der Waals surface area (Å²) in [6.07, 6.45) is 0.882. The van der Waals surface area contributed by atoms with Crippen LogP contribution in [0.2, 0.25) is 0 Å². The molecule has 0 bridgehead atoms. The van der Waals surface area contributed by atoms with Gasteiger partial charge in [0.25, 0.3) is 0 Å². The van der Waals surface area contributed by atoms with Gasteiger partial charge in [-0.3, -0.25) is 4.79 Å². The Balaban J connectivity index is 0.000000531. The van der Waals surface area contributed by atoms with Gasteiger partial charge in [0.05, 0.1) is 4.88 Å². The van der Waals surface area contributed by atoms with Crippen LogP contribution in [0, 0.1) is 0 Å². The largest absolute Gasteiger partial charge is 0.400 e. The van der Waals surface area contributed by atoms with Crippen molar-refractivity contribution >= 4 is 27.7 Å². The van der Waals surface area contributed by atoms with Crippen molar-refractivity contribution in [1.82, 2.24) is 0 Å². The fraction of sp³-hybridized carbons (Fsp3) is 0.182. The first-order chi connectivity index (χ1) is 7.33. The van der Waals surface area contributed by atoms with Gasteiger partial charge in [-0.2, -0.15) is 0 Å². The molecule has 3 nitrogen and oxygen atoms in total. The zero-order valence-corrected chi connectivity index (χ0v) is 9.25. The van der Waals surface area contributed by atoms with Gasteiger partial charge >= 0.3 is 0 Å². The van der Waals surface area contributed by atoms with E-state index in [9.17, 15) is 4.79 Å². The molecule has 0 aliphatic heterocycles. The van der Waals surface area contributed by atoms with Crippen molar-refractivity contribution in [3.63, 3.8) is 0 Å². The van der Waals surface area contributed by atoms with E-state index >= 15 is 0 Å². The van der Waals surface area contributed by atoms with Crippen LogP contribution in [-0.2, 0) is 6.54 Å². The minimum Gasteiger partial charge on any atom is -0.400 e. The average Bonchev–Trinajstić information content (AvgIpc) is 2.73. The zero-order chi connectivity index (χ0) is 11.3. The maximum Gasteiger partial charge on any atom is 0.160 e. The lowest BCUT2D eigenvalue weighted by atomic mass is 10.2. The van der Waals surface area contributed by atoms with Crippen molar-refractivity contribution in [1.29, 1.82) is 0 Å². The highest BCUT2D eigenvalue weighted by molar-refractivity contribution is 7.20. The second-order valence-corrected chi connectivity index (χ2v) is 3.96. The van der Waals surface area contributed by atoms with Crippen LogP contribution in [-0.4, -0.2) is 18.5 Å². The fourth-order valence-electron chi connectivity index (χ4n) is 1.28. The van der Waals surface area contributed by atoms with Crippen LogP contribution in [0.3, 0.4) is 0 Å². The van der Waals surface area contributed by atoms with Gasteiger partial charge in [0.1, 0.15) is 0 Å². The Bertz CT molecular complexity index is 451. The molecule has 0 aliphatic carbocycles. The van der Waals surface area contributed by atoms with Gasteiger partial charge in [-0.1, -0.05) is 12.1 Å². The third-order valence-electron chi connectivity index (χ3n) is 1.96. The van der Waals surface area contributed by atoms with Crippen LogP contribution < -0.4 is 5.73 Å². The maximum atomic E-state index is 10.5. The number of hydrogen-bond acceptors (Lipinski definition) is 4. The minimum absolute atomic E-state index is 0.546. The number of aliphatic hydroxyl groups excluding tert-OH is 1. The monoisotopic (exact) mass is 223 g/mol. The Morgan fingerprint density at radius 3 is 2.73 bits per heavy atom. The molecule has 0 amide bonds. The summed E-state index contributed by atoms with van der Waals surface area (Å²) in [6, 6.07) is 7.92. The Morgan fingerprint density at radius 1 is 1.40 bits per heavy atom. The van der Waals surface area contributed by atoms with Crippen LogP contribution in [0.4, 0.5) is 0 Å². The van der Waals surface area contributed by atoms with Crippen molar-refractivity contribution in [2.24, 2.45) is 5.73 Å². The number of hydrogen-bond donors (Lipinski definition) is 2. The van der Waals surface area contributed by atoms with E-state index in [1.807, 2.05) is 24.3 Å². The van der Waals surface area contributed by atoms with Crippen molar-refractivity contribution in [3.05, 3.63) is 34.7 Å². The Morgan fingerprint density at radius 2 is 2.13 bits per heavy atom. The van der Waals surface area contributed by atoms with Crippen LogP contribution in [0.1, 0.15) is 15.2 Å². The molecule has 3 N–H and O–H groups in total. The quantitative estimate of drug-likeness (QED) is 0.763. The lowest BCUT2D eigenvalue weighted by Gasteiger charge is -1.94. The Labute approximate surface area is 92.1 Å². The molecule has 1 aromatic heterocycles. The molecular formula is C11H13NO2S. The van der Waals surface area contributed by atoms with Gasteiger partial charge in [-0.05, 0) is 23.1 Å². The first kappa shape index (κ1) is 11.8. The molecule has 0 unspecified atom stereocenters. The highest BCUT2D eigenvalue weighted by atomic mass is 32.1. The number of rotatable bonds is 2. The number of thiophene rings is 1. The van der Waals surface area contributed by atoms with Gasteiger partial charge < -0.3 is 10.8 Å². The van der Waals surface area contributed by atoms with Gasteiger partial charge in [0, 0.05) is 18.4 Å². The van der Waals surface area contributed by atoms with E-state index in [1.54, 1.807) is 0 Å². The topological polar surface area (TPSA) is 63.3 Å². The summed E-state index contributed by atoms with van der Waals surface area (Å²) in [7, 11) is 1.00. The highest BCUT2D eigenvalue weighted by Crippen LogP contribution is 2.25. The normalized spacial score (nSPS) is 9.53. The molecule has 0 spiro atoms. The molecule has 0 saturated heterocycles. The average molecular weight is 223 g/mol. The smallest absolute Gasteiger partial charge is 0.160 e. The number of carbonyl (C=O) groups excluding carboxylic acids is 1. The minimum atomic E-state index is 0.546. The molecule has 0 saturated carbocycles. The van der Waals surface area contributed by atoms with E-state index in [-0.39, 0.29) is 0 Å². The van der Waals surface area contributed by atoms with Crippen molar-refractivity contribution in [2.75, 3.05) is 7.11 Å². The summed E-state index contributed by atoms with van der Waals surface area (Å²) in [4.78, 5) is 11.3. The van der Waals surface area contributed by atoms with Gasteiger partial charge in [0.2, 0.25) is 0 Å². The van der Waals surface area contributed by atoms with E-state index in [0.29, 0.717) is 6.54 Å². The van der Waals surface area contributed by atoms with Crippen LogP contribution in [0.25, 0.3) is 10.1 Å². The molecule has 2 aromatic rings. The molecule has 4 heteroatoms. The van der Waals surface area contributed by atoms with E-state index in [0.717, 1.165) is 33.9 Å². The molecule has 0 fully saturated rings. The molecule has 80 valence electrons. The van der Waals surface area contributed by atoms with E-state index in [4.69, 9.17) is 10.8 Å². The lowest BCUT2D eigenvalue weighted by molar-refractivity contribution is 0.112. The van der Waals surface area contributed by atoms with E-state index in [2.05, 4.69) is 0 Å². The van der Waals surface area contributed by atoms with Crippen molar-refractivity contribution in [2.45, 2.75) is 6.54 Å². The first-order valence-electron chi connectivity index (χ1n) is 4.46. The molecule has 2 rings (SSSR count). The number of fused-ring (bicyclic) bond motifs is 1. The summed E-state index contributed by atoms with van der Waals surface area (Å²) >= 11 is 1.50.